The minimum Gasteiger partial charge on any atom is -0.495 e. The number of carbonyl (C=O) groups excluding carboxylic acids is 2. The third kappa shape index (κ3) is 8.14. The normalized spacial score (nSPS) is 12.1. The molecule has 0 heterocycles. The van der Waals surface area contributed by atoms with Crippen molar-refractivity contribution < 1.29 is 22.7 Å². The minimum absolute atomic E-state index is 0.112. The highest BCUT2D eigenvalue weighted by atomic mass is 35.5. The number of carbonyl (C=O) groups is 2. The number of hydrogen-bond donors (Lipinski definition) is 1. The summed E-state index contributed by atoms with van der Waals surface area (Å²) in [5.74, 6) is -0.504. The van der Waals surface area contributed by atoms with Crippen molar-refractivity contribution in [3.8, 4) is 5.75 Å². The standard InChI is InChI=1S/C25H34ClN3O5S/c1-6-7-14-27-25(31)19(3)28(16-20-9-11-21(26)12-10-20)24(30)17-29(35(5,32)33)22-15-18(2)8-13-23(22)34-4/h8-13,15,19H,6-7,14,16-17H2,1-5H3,(H,27,31). The molecule has 1 N–H and O–H groups in total. The number of amides is 2. The van der Waals surface area contributed by atoms with Crippen molar-refractivity contribution in [1.82, 2.24) is 10.2 Å². The maximum Gasteiger partial charge on any atom is 0.244 e. The van der Waals surface area contributed by atoms with Crippen molar-refractivity contribution in [1.29, 1.82) is 0 Å². The van der Waals surface area contributed by atoms with E-state index < -0.39 is 28.5 Å². The summed E-state index contributed by atoms with van der Waals surface area (Å²) in [4.78, 5) is 27.8. The lowest BCUT2D eigenvalue weighted by Crippen LogP contribution is -2.51. The van der Waals surface area contributed by atoms with Gasteiger partial charge in [0, 0.05) is 18.1 Å². The van der Waals surface area contributed by atoms with E-state index in [1.807, 2.05) is 13.8 Å². The zero-order valence-electron chi connectivity index (χ0n) is 20.9. The van der Waals surface area contributed by atoms with Crippen molar-refractivity contribution in [3.05, 3.63) is 58.6 Å². The minimum atomic E-state index is -3.85. The SMILES string of the molecule is CCCCNC(=O)C(C)N(Cc1ccc(Cl)cc1)C(=O)CN(c1cc(C)ccc1OC)S(C)(=O)=O. The molecule has 8 nitrogen and oxygen atoms in total. The van der Waals surface area contributed by atoms with E-state index in [2.05, 4.69) is 5.32 Å². The van der Waals surface area contributed by atoms with Crippen LogP contribution in [-0.2, 0) is 26.2 Å². The van der Waals surface area contributed by atoms with Gasteiger partial charge in [0.25, 0.3) is 0 Å². The van der Waals surface area contributed by atoms with Crippen molar-refractivity contribution in [2.75, 3.05) is 30.8 Å². The number of hydrogen-bond acceptors (Lipinski definition) is 5. The van der Waals surface area contributed by atoms with Gasteiger partial charge in [-0.15, -0.1) is 0 Å². The van der Waals surface area contributed by atoms with Crippen LogP contribution in [0.2, 0.25) is 5.02 Å². The lowest BCUT2D eigenvalue weighted by Gasteiger charge is -2.32. The first-order chi connectivity index (χ1) is 16.5. The summed E-state index contributed by atoms with van der Waals surface area (Å²) in [6.45, 7) is 5.59. The molecule has 2 amide bonds. The van der Waals surface area contributed by atoms with Crippen LogP contribution in [0.5, 0.6) is 5.75 Å². The molecule has 35 heavy (non-hydrogen) atoms. The second-order valence-corrected chi connectivity index (χ2v) is 10.8. The highest BCUT2D eigenvalue weighted by molar-refractivity contribution is 7.92. The van der Waals surface area contributed by atoms with Crippen LogP contribution in [-0.4, -0.2) is 57.6 Å². The summed E-state index contributed by atoms with van der Waals surface area (Å²) >= 11 is 5.99. The summed E-state index contributed by atoms with van der Waals surface area (Å²) in [7, 11) is -2.41. The molecule has 0 radical (unpaired) electrons. The van der Waals surface area contributed by atoms with Crippen LogP contribution >= 0.6 is 11.6 Å². The lowest BCUT2D eigenvalue weighted by molar-refractivity contribution is -0.139. The molecule has 2 aromatic rings. The summed E-state index contributed by atoms with van der Waals surface area (Å²) in [5, 5.41) is 3.40. The first-order valence-electron chi connectivity index (χ1n) is 11.4. The molecule has 0 aromatic heterocycles. The average Bonchev–Trinajstić information content (AvgIpc) is 2.80. The fraction of sp³-hybridized carbons (Fsp3) is 0.440. The maximum absolute atomic E-state index is 13.6. The second-order valence-electron chi connectivity index (χ2n) is 8.41. The number of aryl methyl sites for hydroxylation is 1. The fourth-order valence-corrected chi connectivity index (χ4v) is 4.47. The second kappa shape index (κ2) is 12.8. The molecule has 2 rings (SSSR count). The Bertz CT molecular complexity index is 1120. The Hall–Kier alpha value is -2.78. The molecular weight excluding hydrogens is 490 g/mol. The van der Waals surface area contributed by atoms with E-state index in [0.29, 0.717) is 17.3 Å². The van der Waals surface area contributed by atoms with Gasteiger partial charge in [0.15, 0.2) is 0 Å². The smallest absolute Gasteiger partial charge is 0.244 e. The average molecular weight is 524 g/mol. The van der Waals surface area contributed by atoms with Gasteiger partial charge >= 0.3 is 0 Å². The molecule has 0 bridgehead atoms. The van der Waals surface area contributed by atoms with E-state index in [4.69, 9.17) is 16.3 Å². The molecular formula is C25H34ClN3O5S. The van der Waals surface area contributed by atoms with E-state index in [9.17, 15) is 18.0 Å². The molecule has 0 saturated carbocycles. The molecule has 0 aliphatic heterocycles. The molecule has 0 fully saturated rings. The van der Waals surface area contributed by atoms with Crippen LogP contribution in [0, 0.1) is 6.92 Å². The summed E-state index contributed by atoms with van der Waals surface area (Å²) < 4.78 is 31.9. The molecule has 0 aliphatic rings. The Morgan fingerprint density at radius 3 is 2.37 bits per heavy atom. The molecule has 1 atom stereocenters. The van der Waals surface area contributed by atoms with Gasteiger partial charge in [-0.1, -0.05) is 43.1 Å². The van der Waals surface area contributed by atoms with Crippen LogP contribution in [0.1, 0.15) is 37.8 Å². The highest BCUT2D eigenvalue weighted by Crippen LogP contribution is 2.31. The predicted molar refractivity (Wildman–Crippen MR) is 139 cm³/mol. The fourth-order valence-electron chi connectivity index (χ4n) is 3.49. The van der Waals surface area contributed by atoms with Gasteiger partial charge in [0.05, 0.1) is 19.1 Å². The monoisotopic (exact) mass is 523 g/mol. The van der Waals surface area contributed by atoms with Crippen molar-refractivity contribution in [2.45, 2.75) is 46.2 Å². The van der Waals surface area contributed by atoms with Crippen molar-refractivity contribution in [2.24, 2.45) is 0 Å². The van der Waals surface area contributed by atoms with Gasteiger partial charge in [0.1, 0.15) is 18.3 Å². The molecule has 1 unspecified atom stereocenters. The number of halogens is 1. The third-order valence-electron chi connectivity index (χ3n) is 5.55. The van der Waals surface area contributed by atoms with E-state index in [-0.39, 0.29) is 18.1 Å². The highest BCUT2D eigenvalue weighted by Gasteiger charge is 2.31. The molecule has 2 aromatic carbocycles. The van der Waals surface area contributed by atoms with Crippen LogP contribution in [0.3, 0.4) is 0 Å². The third-order valence-corrected chi connectivity index (χ3v) is 6.92. The number of benzene rings is 2. The number of sulfonamides is 1. The molecule has 10 heteroatoms. The Balaban J connectivity index is 2.41. The zero-order chi connectivity index (χ0) is 26.2. The zero-order valence-corrected chi connectivity index (χ0v) is 22.4. The first-order valence-corrected chi connectivity index (χ1v) is 13.6. The maximum atomic E-state index is 13.6. The topological polar surface area (TPSA) is 96.0 Å². The molecule has 0 aliphatic carbocycles. The summed E-state index contributed by atoms with van der Waals surface area (Å²) in [5.41, 5.74) is 1.83. The quantitative estimate of drug-likeness (QED) is 0.427. The van der Waals surface area contributed by atoms with Crippen LogP contribution < -0.4 is 14.4 Å². The molecule has 0 spiro atoms. The van der Waals surface area contributed by atoms with E-state index in [0.717, 1.165) is 34.5 Å². The van der Waals surface area contributed by atoms with Crippen LogP contribution in [0.25, 0.3) is 0 Å². The largest absolute Gasteiger partial charge is 0.495 e. The van der Waals surface area contributed by atoms with Crippen LogP contribution in [0.4, 0.5) is 5.69 Å². The Kier molecular flexibility index (Phi) is 10.4. The lowest BCUT2D eigenvalue weighted by atomic mass is 10.1. The van der Waals surface area contributed by atoms with Crippen molar-refractivity contribution >= 4 is 39.1 Å². The number of methoxy groups -OCH3 is 1. The number of anilines is 1. The predicted octanol–water partition coefficient (Wildman–Crippen LogP) is 3.76. The molecule has 192 valence electrons. The van der Waals surface area contributed by atoms with Gasteiger partial charge in [-0.05, 0) is 55.7 Å². The number of ether oxygens (including phenoxy) is 1. The van der Waals surface area contributed by atoms with Gasteiger partial charge in [-0.25, -0.2) is 8.42 Å². The van der Waals surface area contributed by atoms with Gasteiger partial charge in [-0.3, -0.25) is 13.9 Å². The number of rotatable bonds is 12. The van der Waals surface area contributed by atoms with E-state index >= 15 is 0 Å². The van der Waals surface area contributed by atoms with Crippen LogP contribution in [0.15, 0.2) is 42.5 Å². The number of unbranched alkanes of at least 4 members (excludes halogenated alkanes) is 1. The number of nitrogens with zero attached hydrogens (tertiary/aromatic N) is 2. The Morgan fingerprint density at radius 2 is 1.80 bits per heavy atom. The van der Waals surface area contributed by atoms with Gasteiger partial charge in [-0.2, -0.15) is 0 Å². The van der Waals surface area contributed by atoms with Gasteiger partial charge in [0.2, 0.25) is 21.8 Å². The van der Waals surface area contributed by atoms with Gasteiger partial charge < -0.3 is 15.0 Å². The Labute approximate surface area is 213 Å². The van der Waals surface area contributed by atoms with E-state index in [1.165, 1.54) is 12.0 Å². The Morgan fingerprint density at radius 1 is 1.14 bits per heavy atom. The van der Waals surface area contributed by atoms with Crippen molar-refractivity contribution in [3.63, 3.8) is 0 Å². The first kappa shape index (κ1) is 28.5. The number of nitrogens with one attached hydrogen (secondary N) is 1. The summed E-state index contributed by atoms with van der Waals surface area (Å²) in [6, 6.07) is 11.2. The summed E-state index contributed by atoms with van der Waals surface area (Å²) in [6.07, 6.45) is 2.77. The molecule has 0 saturated heterocycles. The van der Waals surface area contributed by atoms with E-state index in [1.54, 1.807) is 49.4 Å².